The number of nitrogens with one attached hydrogen (secondary N) is 1. The van der Waals surface area contributed by atoms with Crippen molar-refractivity contribution >= 4 is 20.0 Å². The summed E-state index contributed by atoms with van der Waals surface area (Å²) < 4.78 is 76.4. The fourth-order valence-electron chi connectivity index (χ4n) is 2.53. The number of piperidine rings is 1. The highest BCUT2D eigenvalue weighted by Gasteiger charge is 2.47. The number of alkyl halides is 3. The molecule has 0 aromatic rings. The number of hydrogen-bond donors (Lipinski definition) is 1. The van der Waals surface area contributed by atoms with Gasteiger partial charge in [0.05, 0.1) is 32.4 Å². The number of hydrogen-bond acceptors (Lipinski definition) is 4. The molecule has 0 bridgehead atoms. The molecule has 1 rings (SSSR count). The van der Waals surface area contributed by atoms with E-state index in [1.54, 1.807) is 0 Å². The SMILES string of the molecule is CCC[N+]1(C)CCCCC1C.CS(=O)(=O)NS(=O)(=O)C(F)(F)F. The van der Waals surface area contributed by atoms with Crippen molar-refractivity contribution in [2.24, 2.45) is 0 Å². The Labute approximate surface area is 136 Å². The Bertz CT molecular complexity index is 572. The first-order chi connectivity index (χ1) is 10.1. The standard InChI is InChI=1S/C10H22N.C2H4F3NO4S2/c1-4-8-11(3)9-6-5-7-10(11)2;1-11(7,8)6-12(9,10)2(3,4)5/h10H,4-9H2,1-3H3;6H,1H3/q+1;. The van der Waals surface area contributed by atoms with Crippen LogP contribution in [0.15, 0.2) is 0 Å². The molecule has 0 spiro atoms. The lowest BCUT2D eigenvalue weighted by Gasteiger charge is -2.43. The topological polar surface area (TPSA) is 80.3 Å². The highest BCUT2D eigenvalue weighted by molar-refractivity contribution is 8.04. The number of quaternary nitrogens is 1. The first kappa shape index (κ1) is 22.6. The van der Waals surface area contributed by atoms with E-state index in [-0.39, 0.29) is 0 Å². The third-order valence-corrected chi connectivity index (χ3v) is 6.60. The van der Waals surface area contributed by atoms with Gasteiger partial charge in [0.1, 0.15) is 0 Å². The number of halogens is 3. The van der Waals surface area contributed by atoms with Crippen LogP contribution in [0.4, 0.5) is 13.2 Å². The van der Waals surface area contributed by atoms with Crippen LogP contribution in [0.3, 0.4) is 0 Å². The molecule has 0 aliphatic carbocycles. The average Bonchev–Trinajstić information content (AvgIpc) is 2.30. The van der Waals surface area contributed by atoms with Crippen molar-refractivity contribution in [3.05, 3.63) is 0 Å². The van der Waals surface area contributed by atoms with Crippen molar-refractivity contribution in [2.45, 2.75) is 51.1 Å². The van der Waals surface area contributed by atoms with Gasteiger partial charge in [-0.05, 0) is 32.6 Å². The molecule has 23 heavy (non-hydrogen) atoms. The summed E-state index contributed by atoms with van der Waals surface area (Å²) in [6, 6.07) is 0.906. The molecule has 0 radical (unpaired) electrons. The van der Waals surface area contributed by atoms with Gasteiger partial charge in [-0.15, -0.1) is 4.13 Å². The van der Waals surface area contributed by atoms with Crippen LogP contribution in [0.5, 0.6) is 0 Å². The molecule has 0 aromatic heterocycles. The summed E-state index contributed by atoms with van der Waals surface area (Å²) in [7, 11) is -7.79. The highest BCUT2D eigenvalue weighted by atomic mass is 32.3. The Morgan fingerprint density at radius 1 is 1.17 bits per heavy atom. The molecule has 1 aliphatic heterocycles. The maximum atomic E-state index is 11.4. The summed E-state index contributed by atoms with van der Waals surface area (Å²) in [6.07, 6.45) is 5.98. The van der Waals surface area contributed by atoms with E-state index in [9.17, 15) is 30.0 Å². The van der Waals surface area contributed by atoms with Crippen LogP contribution >= 0.6 is 0 Å². The monoisotopic (exact) mass is 383 g/mol. The van der Waals surface area contributed by atoms with Crippen LogP contribution in [0, 0.1) is 0 Å². The number of nitrogens with zero attached hydrogens (tertiary/aromatic N) is 1. The van der Waals surface area contributed by atoms with Crippen molar-refractivity contribution in [3.63, 3.8) is 0 Å². The molecule has 11 heteroatoms. The Hall–Kier alpha value is -0.390. The molecule has 0 amide bonds. The third kappa shape index (κ3) is 7.81. The van der Waals surface area contributed by atoms with Gasteiger partial charge in [-0.25, -0.2) is 16.8 Å². The minimum Gasteiger partial charge on any atom is -0.324 e. The van der Waals surface area contributed by atoms with Crippen LogP contribution in [-0.4, -0.2) is 59.3 Å². The minimum absolute atomic E-state index is 0.302. The summed E-state index contributed by atoms with van der Waals surface area (Å²) in [5, 5.41) is 0. The predicted octanol–water partition coefficient (Wildman–Crippen LogP) is 1.80. The van der Waals surface area contributed by atoms with Gasteiger partial charge in [-0.2, -0.15) is 13.2 Å². The number of sulfonamides is 2. The number of rotatable bonds is 4. The average molecular weight is 383 g/mol. The van der Waals surface area contributed by atoms with E-state index in [2.05, 4.69) is 20.9 Å². The molecular formula is C12H26F3N2O4S2+. The van der Waals surface area contributed by atoms with Crippen LogP contribution in [0.1, 0.15) is 39.5 Å². The van der Waals surface area contributed by atoms with Gasteiger partial charge >= 0.3 is 15.5 Å². The fourth-order valence-corrected chi connectivity index (χ4v) is 4.51. The van der Waals surface area contributed by atoms with Crippen LogP contribution < -0.4 is 4.13 Å². The van der Waals surface area contributed by atoms with Gasteiger partial charge in [-0.1, -0.05) is 6.92 Å². The lowest BCUT2D eigenvalue weighted by molar-refractivity contribution is -0.936. The quantitative estimate of drug-likeness (QED) is 0.751. The van der Waals surface area contributed by atoms with Crippen molar-refractivity contribution in [1.82, 2.24) is 4.13 Å². The second kappa shape index (κ2) is 8.13. The van der Waals surface area contributed by atoms with Crippen LogP contribution in [0.25, 0.3) is 0 Å². The Morgan fingerprint density at radius 3 is 2.00 bits per heavy atom. The van der Waals surface area contributed by atoms with E-state index >= 15 is 0 Å². The van der Waals surface area contributed by atoms with Crippen molar-refractivity contribution < 1.29 is 34.5 Å². The highest BCUT2D eigenvalue weighted by Crippen LogP contribution is 2.23. The first-order valence-corrected chi connectivity index (χ1v) is 10.7. The van der Waals surface area contributed by atoms with Crippen molar-refractivity contribution in [2.75, 3.05) is 26.4 Å². The lowest BCUT2D eigenvalue weighted by atomic mass is 10.0. The van der Waals surface area contributed by atoms with E-state index < -0.39 is 25.6 Å². The zero-order chi connectivity index (χ0) is 18.5. The zero-order valence-electron chi connectivity index (χ0n) is 13.9. The summed E-state index contributed by atoms with van der Waals surface area (Å²) in [5.41, 5.74) is -5.62. The lowest BCUT2D eigenvalue weighted by Crippen LogP contribution is -2.54. The fraction of sp³-hybridized carbons (Fsp3) is 1.00. The molecule has 0 saturated carbocycles. The Kier molecular flexibility index (Phi) is 7.99. The molecule has 1 saturated heterocycles. The molecule has 2 atom stereocenters. The second-order valence-electron chi connectivity index (χ2n) is 6.08. The van der Waals surface area contributed by atoms with Crippen LogP contribution in [0.2, 0.25) is 0 Å². The molecule has 140 valence electrons. The third-order valence-electron chi connectivity index (χ3n) is 3.91. The van der Waals surface area contributed by atoms with E-state index in [1.165, 1.54) is 43.3 Å². The molecule has 1 N–H and O–H groups in total. The summed E-state index contributed by atoms with van der Waals surface area (Å²) in [5.74, 6) is 0. The molecular weight excluding hydrogens is 357 g/mol. The number of likely N-dealkylation sites (tertiary alicyclic amines) is 1. The van der Waals surface area contributed by atoms with Gasteiger partial charge in [-0.3, -0.25) is 0 Å². The predicted molar refractivity (Wildman–Crippen MR) is 82.5 cm³/mol. The second-order valence-corrected chi connectivity index (χ2v) is 9.76. The van der Waals surface area contributed by atoms with Gasteiger partial charge in [0.2, 0.25) is 10.0 Å². The van der Waals surface area contributed by atoms with Gasteiger partial charge in [0.25, 0.3) is 0 Å². The van der Waals surface area contributed by atoms with E-state index in [0.29, 0.717) is 10.4 Å². The maximum Gasteiger partial charge on any atom is 0.512 e. The maximum absolute atomic E-state index is 11.4. The zero-order valence-corrected chi connectivity index (χ0v) is 15.5. The summed E-state index contributed by atoms with van der Waals surface area (Å²) in [4.78, 5) is 0. The first-order valence-electron chi connectivity index (χ1n) is 7.28. The van der Waals surface area contributed by atoms with E-state index in [1.807, 2.05) is 0 Å². The Balaban J connectivity index is 0.000000422. The van der Waals surface area contributed by atoms with E-state index in [0.717, 1.165) is 6.04 Å². The molecule has 1 fully saturated rings. The van der Waals surface area contributed by atoms with Crippen molar-refractivity contribution in [3.8, 4) is 0 Å². The molecule has 6 nitrogen and oxygen atoms in total. The summed E-state index contributed by atoms with van der Waals surface area (Å²) in [6.45, 7) is 7.50. The molecule has 2 unspecified atom stereocenters. The van der Waals surface area contributed by atoms with Gasteiger partial charge in [0, 0.05) is 0 Å². The van der Waals surface area contributed by atoms with Gasteiger partial charge in [0.15, 0.2) is 0 Å². The minimum atomic E-state index is -5.79. The smallest absolute Gasteiger partial charge is 0.324 e. The largest absolute Gasteiger partial charge is 0.512 e. The molecule has 1 aliphatic rings. The normalized spacial score (nSPS) is 26.3. The molecule has 0 aromatic carbocycles. The van der Waals surface area contributed by atoms with E-state index in [4.69, 9.17) is 0 Å². The molecule has 1 heterocycles. The summed E-state index contributed by atoms with van der Waals surface area (Å²) >= 11 is 0. The van der Waals surface area contributed by atoms with Crippen molar-refractivity contribution in [1.29, 1.82) is 0 Å². The Morgan fingerprint density at radius 2 is 1.70 bits per heavy atom. The van der Waals surface area contributed by atoms with Crippen LogP contribution in [-0.2, 0) is 20.0 Å². The van der Waals surface area contributed by atoms with Gasteiger partial charge < -0.3 is 4.48 Å².